The molecular weight excluding hydrogens is 340 g/mol. The van der Waals surface area contributed by atoms with Gasteiger partial charge in [-0.2, -0.15) is 0 Å². The highest BCUT2D eigenvalue weighted by Crippen LogP contribution is 2.17. The zero-order chi connectivity index (χ0) is 19.7. The normalized spacial score (nSPS) is 17.6. The number of piperazine rings is 1. The van der Waals surface area contributed by atoms with Crippen molar-refractivity contribution in [2.24, 2.45) is 0 Å². The predicted molar refractivity (Wildman–Crippen MR) is 107 cm³/mol. The molecule has 0 saturated carbocycles. The third kappa shape index (κ3) is 7.35. The van der Waals surface area contributed by atoms with Crippen LogP contribution in [0.3, 0.4) is 0 Å². The molecule has 1 aliphatic rings. The van der Waals surface area contributed by atoms with E-state index >= 15 is 0 Å². The van der Waals surface area contributed by atoms with Crippen molar-refractivity contribution in [3.63, 3.8) is 0 Å². The van der Waals surface area contributed by atoms with Gasteiger partial charge in [-0.05, 0) is 39.3 Å². The largest absolute Gasteiger partial charge is 0.462 e. The second-order valence-corrected chi connectivity index (χ2v) is 7.64. The van der Waals surface area contributed by atoms with Gasteiger partial charge in [0, 0.05) is 44.6 Å². The summed E-state index contributed by atoms with van der Waals surface area (Å²) < 4.78 is 4.55. The zero-order valence-electron chi connectivity index (χ0n) is 16.7. The highest BCUT2D eigenvalue weighted by Gasteiger charge is 2.25. The van der Waals surface area contributed by atoms with Gasteiger partial charge in [-0.15, -0.1) is 0 Å². The lowest BCUT2D eigenvalue weighted by molar-refractivity contribution is -0.138. The number of aromatic nitrogens is 2. The SMILES string of the molecule is CC(C)(C)OC=O.CC1CN(Cc2ccccc2)CCN1c1ncccn1. The van der Waals surface area contributed by atoms with E-state index in [1.807, 2.05) is 39.2 Å². The van der Waals surface area contributed by atoms with Crippen LogP contribution in [-0.2, 0) is 16.1 Å². The van der Waals surface area contributed by atoms with E-state index < -0.39 is 0 Å². The van der Waals surface area contributed by atoms with Gasteiger partial charge in [0.15, 0.2) is 0 Å². The highest BCUT2D eigenvalue weighted by atomic mass is 16.5. The van der Waals surface area contributed by atoms with Crippen molar-refractivity contribution in [3.8, 4) is 0 Å². The highest BCUT2D eigenvalue weighted by molar-refractivity contribution is 5.37. The summed E-state index contributed by atoms with van der Waals surface area (Å²) >= 11 is 0. The van der Waals surface area contributed by atoms with Crippen molar-refractivity contribution in [1.82, 2.24) is 14.9 Å². The average Bonchev–Trinajstić information content (AvgIpc) is 2.63. The van der Waals surface area contributed by atoms with Gasteiger partial charge in [0.1, 0.15) is 5.60 Å². The van der Waals surface area contributed by atoms with Gasteiger partial charge in [0.2, 0.25) is 5.95 Å². The molecule has 0 N–H and O–H groups in total. The lowest BCUT2D eigenvalue weighted by Gasteiger charge is -2.39. The molecule has 1 aromatic carbocycles. The number of carbonyl (C=O) groups excluding carboxylic acids is 1. The Morgan fingerprint density at radius 3 is 2.30 bits per heavy atom. The fourth-order valence-electron chi connectivity index (χ4n) is 2.90. The molecular formula is C21H30N4O2. The predicted octanol–water partition coefficient (Wildman–Crippen LogP) is 3.15. The summed E-state index contributed by atoms with van der Waals surface area (Å²) in [7, 11) is 0. The Kier molecular flexibility index (Phi) is 7.73. The second kappa shape index (κ2) is 10.0. The van der Waals surface area contributed by atoms with Crippen LogP contribution in [0, 0.1) is 0 Å². The molecule has 1 aromatic heterocycles. The first-order chi connectivity index (χ1) is 12.9. The zero-order valence-corrected chi connectivity index (χ0v) is 16.7. The monoisotopic (exact) mass is 370 g/mol. The van der Waals surface area contributed by atoms with Gasteiger partial charge in [-0.3, -0.25) is 9.69 Å². The third-order valence-electron chi connectivity index (χ3n) is 4.17. The molecule has 0 radical (unpaired) electrons. The number of hydrogen-bond acceptors (Lipinski definition) is 6. The van der Waals surface area contributed by atoms with Crippen molar-refractivity contribution in [3.05, 3.63) is 54.4 Å². The standard InChI is InChI=1S/C16H20N4.C5H10O2/c1-14-12-19(13-15-6-3-2-4-7-15)10-11-20(14)16-17-8-5-9-18-16;1-5(2,3)7-4-6/h2-9,14H,10-13H2,1H3;4H,1-3H3. The summed E-state index contributed by atoms with van der Waals surface area (Å²) in [5.74, 6) is 0.847. The maximum absolute atomic E-state index is 9.60. The fraction of sp³-hybridized carbons (Fsp3) is 0.476. The molecule has 0 amide bonds. The smallest absolute Gasteiger partial charge is 0.293 e. The Balaban J connectivity index is 0.000000321. The lowest BCUT2D eigenvalue weighted by Crippen LogP contribution is -2.52. The summed E-state index contributed by atoms with van der Waals surface area (Å²) in [6, 6.07) is 13.0. The molecule has 0 aliphatic carbocycles. The van der Waals surface area contributed by atoms with Crippen molar-refractivity contribution in [2.75, 3.05) is 24.5 Å². The van der Waals surface area contributed by atoms with Crippen LogP contribution < -0.4 is 4.90 Å². The van der Waals surface area contributed by atoms with E-state index in [1.54, 1.807) is 0 Å². The summed E-state index contributed by atoms with van der Waals surface area (Å²) in [4.78, 5) is 23.1. The number of rotatable bonds is 4. The first kappa shape index (κ1) is 20.8. The van der Waals surface area contributed by atoms with Crippen LogP contribution >= 0.6 is 0 Å². The van der Waals surface area contributed by atoms with E-state index in [-0.39, 0.29) is 5.60 Å². The Morgan fingerprint density at radius 2 is 1.78 bits per heavy atom. The van der Waals surface area contributed by atoms with Gasteiger partial charge >= 0.3 is 0 Å². The van der Waals surface area contributed by atoms with Crippen LogP contribution in [0.5, 0.6) is 0 Å². The van der Waals surface area contributed by atoms with Crippen molar-refractivity contribution in [1.29, 1.82) is 0 Å². The topological polar surface area (TPSA) is 58.6 Å². The second-order valence-electron chi connectivity index (χ2n) is 7.64. The molecule has 146 valence electrons. The van der Waals surface area contributed by atoms with Crippen LogP contribution in [-0.4, -0.2) is 52.6 Å². The summed E-state index contributed by atoms with van der Waals surface area (Å²) in [5, 5.41) is 0. The van der Waals surface area contributed by atoms with Gasteiger partial charge in [-0.25, -0.2) is 9.97 Å². The average molecular weight is 370 g/mol. The Morgan fingerprint density at radius 1 is 1.11 bits per heavy atom. The Bertz CT molecular complexity index is 674. The Labute approximate surface area is 162 Å². The molecule has 27 heavy (non-hydrogen) atoms. The molecule has 6 heteroatoms. The van der Waals surface area contributed by atoms with Crippen LogP contribution in [0.25, 0.3) is 0 Å². The number of ether oxygens (including phenoxy) is 1. The molecule has 6 nitrogen and oxygen atoms in total. The molecule has 1 atom stereocenters. The van der Waals surface area contributed by atoms with Crippen LogP contribution in [0.4, 0.5) is 5.95 Å². The van der Waals surface area contributed by atoms with E-state index in [0.29, 0.717) is 12.5 Å². The van der Waals surface area contributed by atoms with E-state index in [2.05, 4.69) is 61.8 Å². The maximum atomic E-state index is 9.60. The van der Waals surface area contributed by atoms with Crippen LogP contribution in [0.15, 0.2) is 48.8 Å². The minimum atomic E-state index is -0.318. The van der Waals surface area contributed by atoms with Crippen LogP contribution in [0.2, 0.25) is 0 Å². The summed E-state index contributed by atoms with van der Waals surface area (Å²) in [5.41, 5.74) is 1.06. The van der Waals surface area contributed by atoms with Gasteiger partial charge in [-0.1, -0.05) is 30.3 Å². The maximum Gasteiger partial charge on any atom is 0.293 e. The van der Waals surface area contributed by atoms with Crippen molar-refractivity contribution >= 4 is 12.4 Å². The van der Waals surface area contributed by atoms with E-state index in [4.69, 9.17) is 0 Å². The molecule has 0 bridgehead atoms. The van der Waals surface area contributed by atoms with Crippen molar-refractivity contribution < 1.29 is 9.53 Å². The van der Waals surface area contributed by atoms with E-state index in [0.717, 1.165) is 32.1 Å². The molecule has 1 aliphatic heterocycles. The summed E-state index contributed by atoms with van der Waals surface area (Å²) in [6.07, 6.45) is 3.62. The molecule has 2 heterocycles. The Hall–Kier alpha value is -2.47. The third-order valence-corrected chi connectivity index (χ3v) is 4.17. The fourth-order valence-corrected chi connectivity index (χ4v) is 2.90. The first-order valence-corrected chi connectivity index (χ1v) is 9.30. The quantitative estimate of drug-likeness (QED) is 0.771. The lowest BCUT2D eigenvalue weighted by atomic mass is 10.1. The number of hydrogen-bond donors (Lipinski definition) is 0. The molecule has 1 fully saturated rings. The molecule has 1 unspecified atom stereocenters. The number of benzene rings is 1. The number of nitrogens with zero attached hydrogens (tertiary/aromatic N) is 4. The van der Waals surface area contributed by atoms with E-state index in [1.165, 1.54) is 5.56 Å². The van der Waals surface area contributed by atoms with Gasteiger partial charge < -0.3 is 9.64 Å². The first-order valence-electron chi connectivity index (χ1n) is 9.30. The van der Waals surface area contributed by atoms with Crippen LogP contribution in [0.1, 0.15) is 33.3 Å². The molecule has 3 rings (SSSR count). The molecule has 0 spiro atoms. The van der Waals surface area contributed by atoms with Gasteiger partial charge in [0.05, 0.1) is 0 Å². The minimum absolute atomic E-state index is 0.318. The summed E-state index contributed by atoms with van der Waals surface area (Å²) in [6.45, 7) is 12.3. The molecule has 2 aromatic rings. The van der Waals surface area contributed by atoms with Gasteiger partial charge in [0.25, 0.3) is 6.47 Å². The van der Waals surface area contributed by atoms with Crippen molar-refractivity contribution in [2.45, 2.75) is 45.9 Å². The number of anilines is 1. The minimum Gasteiger partial charge on any atom is -0.462 e. The molecule has 1 saturated heterocycles. The number of carbonyl (C=O) groups is 1. The van der Waals surface area contributed by atoms with E-state index in [9.17, 15) is 4.79 Å².